The Hall–Kier alpha value is -2.82. The Morgan fingerprint density at radius 2 is 1.15 bits per heavy atom. The summed E-state index contributed by atoms with van der Waals surface area (Å²) in [7, 11) is 3.16. The second kappa shape index (κ2) is 7.60. The summed E-state index contributed by atoms with van der Waals surface area (Å²) in [5.41, 5.74) is 7.07. The van der Waals surface area contributed by atoms with Gasteiger partial charge in [-0.3, -0.25) is 0 Å². The first kappa shape index (κ1) is 18.0. The van der Waals surface area contributed by atoms with Crippen molar-refractivity contribution in [1.29, 1.82) is 0 Å². The number of para-hydroxylation sites is 2. The summed E-state index contributed by atoms with van der Waals surface area (Å²) in [4.78, 5) is 0. The second-order valence-corrected chi connectivity index (χ2v) is 6.06. The first-order valence-electron chi connectivity index (χ1n) is 8.42. The number of methoxy groups -OCH3 is 2. The highest BCUT2D eigenvalue weighted by atomic mass is 16.5. The van der Waals surface area contributed by atoms with Crippen LogP contribution in [0.3, 0.4) is 0 Å². The van der Waals surface area contributed by atoms with Gasteiger partial charge >= 0.3 is 0 Å². The van der Waals surface area contributed by atoms with E-state index >= 15 is 0 Å². The third-order valence-corrected chi connectivity index (χ3v) is 4.64. The molecule has 0 radical (unpaired) electrons. The number of rotatable bonds is 6. The molecule has 3 aromatic rings. The summed E-state index contributed by atoms with van der Waals surface area (Å²) in [5, 5.41) is 12.0. The fourth-order valence-corrected chi connectivity index (χ4v) is 3.30. The number of hydrogen-bond acceptors (Lipinski definition) is 4. The van der Waals surface area contributed by atoms with Crippen LogP contribution in [0, 0.1) is 0 Å². The summed E-state index contributed by atoms with van der Waals surface area (Å²) >= 11 is 0. The predicted octanol–water partition coefficient (Wildman–Crippen LogP) is 3.64. The molecule has 1 atom stereocenters. The number of ether oxygens (including phenoxy) is 2. The molecule has 4 nitrogen and oxygen atoms in total. The number of benzene rings is 3. The second-order valence-electron chi connectivity index (χ2n) is 6.06. The van der Waals surface area contributed by atoms with Crippen LogP contribution < -0.4 is 15.2 Å². The van der Waals surface area contributed by atoms with E-state index in [1.54, 1.807) is 14.2 Å². The van der Waals surface area contributed by atoms with Crippen LogP contribution in [0.1, 0.15) is 22.7 Å². The first-order valence-corrected chi connectivity index (χ1v) is 8.42. The van der Waals surface area contributed by atoms with Gasteiger partial charge in [0.25, 0.3) is 0 Å². The Morgan fingerprint density at radius 1 is 0.731 bits per heavy atom. The smallest absolute Gasteiger partial charge is 0.141 e. The van der Waals surface area contributed by atoms with E-state index in [0.717, 1.165) is 5.56 Å². The van der Waals surface area contributed by atoms with Crippen molar-refractivity contribution >= 4 is 0 Å². The molecule has 0 aliphatic carbocycles. The molecule has 3 rings (SSSR count). The van der Waals surface area contributed by atoms with Crippen LogP contribution in [-0.4, -0.2) is 19.3 Å². The molecule has 3 aromatic carbocycles. The Labute approximate surface area is 153 Å². The van der Waals surface area contributed by atoms with Crippen molar-refractivity contribution in [2.45, 2.75) is 11.6 Å². The predicted molar refractivity (Wildman–Crippen MR) is 102 cm³/mol. The van der Waals surface area contributed by atoms with Gasteiger partial charge in [-0.25, -0.2) is 0 Å². The van der Waals surface area contributed by atoms with Crippen molar-refractivity contribution in [1.82, 2.24) is 0 Å². The van der Waals surface area contributed by atoms with E-state index in [4.69, 9.17) is 15.2 Å². The molecule has 0 saturated heterocycles. The molecule has 4 heteroatoms. The van der Waals surface area contributed by atoms with E-state index in [-0.39, 0.29) is 0 Å². The van der Waals surface area contributed by atoms with Crippen molar-refractivity contribution in [3.63, 3.8) is 0 Å². The Bertz CT molecular complexity index is 817. The minimum Gasteiger partial charge on any atom is -0.496 e. The molecule has 0 heterocycles. The highest BCUT2D eigenvalue weighted by Crippen LogP contribution is 2.46. The number of hydrogen-bond donors (Lipinski definition) is 2. The Kier molecular flexibility index (Phi) is 5.26. The van der Waals surface area contributed by atoms with Crippen LogP contribution in [0.4, 0.5) is 0 Å². The summed E-state index contributed by atoms with van der Waals surface area (Å²) < 4.78 is 11.0. The van der Waals surface area contributed by atoms with Crippen molar-refractivity contribution in [3.8, 4) is 11.5 Å². The SMILES string of the molecule is COc1ccccc1C(O)(c1ccccc1OC)C(N)c1ccccc1. The molecular formula is C22H23NO3. The molecule has 1 unspecified atom stereocenters. The van der Waals surface area contributed by atoms with Crippen molar-refractivity contribution < 1.29 is 14.6 Å². The molecule has 0 aromatic heterocycles. The maximum absolute atomic E-state index is 12.0. The zero-order valence-electron chi connectivity index (χ0n) is 14.9. The highest BCUT2D eigenvalue weighted by molar-refractivity contribution is 5.52. The summed E-state index contributed by atoms with van der Waals surface area (Å²) in [6.07, 6.45) is 0. The van der Waals surface area contributed by atoms with Gasteiger partial charge in [0, 0.05) is 11.1 Å². The van der Waals surface area contributed by atoms with Crippen LogP contribution >= 0.6 is 0 Å². The summed E-state index contributed by atoms with van der Waals surface area (Å²) in [6.45, 7) is 0. The van der Waals surface area contributed by atoms with Crippen molar-refractivity contribution in [2.24, 2.45) is 5.73 Å². The van der Waals surface area contributed by atoms with E-state index in [9.17, 15) is 5.11 Å². The molecule has 0 aliphatic heterocycles. The zero-order valence-corrected chi connectivity index (χ0v) is 14.9. The largest absolute Gasteiger partial charge is 0.496 e. The molecular weight excluding hydrogens is 326 g/mol. The monoisotopic (exact) mass is 349 g/mol. The standard InChI is InChI=1S/C22H23NO3/c1-25-19-14-8-6-12-17(19)22(24,18-13-7-9-15-20(18)26-2)21(23)16-10-4-3-5-11-16/h3-15,21,24H,23H2,1-2H3. The molecule has 0 saturated carbocycles. The zero-order chi connectivity index (χ0) is 18.6. The maximum Gasteiger partial charge on any atom is 0.141 e. The lowest BCUT2D eigenvalue weighted by Crippen LogP contribution is -2.40. The lowest BCUT2D eigenvalue weighted by molar-refractivity contribution is 0.0462. The molecule has 0 spiro atoms. The minimum atomic E-state index is -1.54. The van der Waals surface area contributed by atoms with Crippen molar-refractivity contribution in [3.05, 3.63) is 95.6 Å². The van der Waals surface area contributed by atoms with Crippen LogP contribution in [0.2, 0.25) is 0 Å². The molecule has 0 bridgehead atoms. The summed E-state index contributed by atoms with van der Waals surface area (Å²) in [6, 6.07) is 23.5. The van der Waals surface area contributed by atoms with Crippen LogP contribution in [0.25, 0.3) is 0 Å². The fraction of sp³-hybridized carbons (Fsp3) is 0.182. The number of aliphatic hydroxyl groups is 1. The first-order chi connectivity index (χ1) is 12.6. The van der Waals surface area contributed by atoms with Gasteiger partial charge in [-0.05, 0) is 17.7 Å². The molecule has 0 aliphatic rings. The molecule has 26 heavy (non-hydrogen) atoms. The average molecular weight is 349 g/mol. The molecule has 0 fully saturated rings. The quantitative estimate of drug-likeness (QED) is 0.713. The van der Waals surface area contributed by atoms with Gasteiger partial charge in [-0.2, -0.15) is 0 Å². The third-order valence-electron chi connectivity index (χ3n) is 4.64. The normalized spacial score (nSPS) is 12.5. The topological polar surface area (TPSA) is 64.7 Å². The van der Waals surface area contributed by atoms with Gasteiger partial charge in [0.15, 0.2) is 0 Å². The fourth-order valence-electron chi connectivity index (χ4n) is 3.30. The van der Waals surface area contributed by atoms with E-state index in [1.807, 2.05) is 78.9 Å². The summed E-state index contributed by atoms with van der Waals surface area (Å²) in [5.74, 6) is 1.12. The van der Waals surface area contributed by atoms with Crippen LogP contribution in [0.5, 0.6) is 11.5 Å². The average Bonchev–Trinajstić information content (AvgIpc) is 2.73. The Balaban J connectivity index is 2.29. The van der Waals surface area contributed by atoms with Gasteiger partial charge < -0.3 is 20.3 Å². The third kappa shape index (κ3) is 3.05. The molecule has 0 amide bonds. The van der Waals surface area contributed by atoms with Gasteiger partial charge in [-0.1, -0.05) is 66.7 Å². The van der Waals surface area contributed by atoms with E-state index in [1.165, 1.54) is 0 Å². The number of nitrogens with two attached hydrogens (primary N) is 1. The van der Waals surface area contributed by atoms with E-state index in [0.29, 0.717) is 22.6 Å². The Morgan fingerprint density at radius 3 is 1.62 bits per heavy atom. The minimum absolute atomic E-state index is 0.562. The van der Waals surface area contributed by atoms with Gasteiger partial charge in [0.1, 0.15) is 17.1 Å². The lowest BCUT2D eigenvalue weighted by atomic mass is 9.77. The lowest BCUT2D eigenvalue weighted by Gasteiger charge is -2.37. The van der Waals surface area contributed by atoms with E-state index < -0.39 is 11.6 Å². The van der Waals surface area contributed by atoms with Crippen LogP contribution in [-0.2, 0) is 5.60 Å². The molecule has 3 N–H and O–H groups in total. The van der Waals surface area contributed by atoms with Gasteiger partial charge in [0.2, 0.25) is 0 Å². The van der Waals surface area contributed by atoms with Crippen molar-refractivity contribution in [2.75, 3.05) is 14.2 Å². The van der Waals surface area contributed by atoms with E-state index in [2.05, 4.69) is 0 Å². The maximum atomic E-state index is 12.0. The molecule has 134 valence electrons. The van der Waals surface area contributed by atoms with Crippen LogP contribution in [0.15, 0.2) is 78.9 Å². The van der Waals surface area contributed by atoms with Gasteiger partial charge in [0.05, 0.1) is 20.3 Å². The highest BCUT2D eigenvalue weighted by Gasteiger charge is 2.43. The van der Waals surface area contributed by atoms with Gasteiger partial charge in [-0.15, -0.1) is 0 Å².